The highest BCUT2D eigenvalue weighted by atomic mass is 35.5. The van der Waals surface area contributed by atoms with E-state index in [2.05, 4.69) is 5.32 Å². The van der Waals surface area contributed by atoms with Gasteiger partial charge in [0.1, 0.15) is 5.76 Å². The SMILES string of the molecule is CC(C)(CCNC(=O)c1ccc(-c2ccccc2Cl)o1)C(=O)O. The first-order chi connectivity index (χ1) is 10.8. The standard InChI is InChI=1S/C17H18ClNO4/c1-17(2,16(21)22)9-10-19-15(20)14-8-7-13(23-14)11-5-3-4-6-12(11)18/h3-8H,9-10H2,1-2H3,(H,19,20)(H,21,22). The van der Waals surface area contributed by atoms with Gasteiger partial charge >= 0.3 is 5.97 Å². The smallest absolute Gasteiger partial charge is 0.309 e. The van der Waals surface area contributed by atoms with Gasteiger partial charge in [-0.25, -0.2) is 0 Å². The highest BCUT2D eigenvalue weighted by molar-refractivity contribution is 6.33. The summed E-state index contributed by atoms with van der Waals surface area (Å²) in [5, 5.41) is 12.2. The summed E-state index contributed by atoms with van der Waals surface area (Å²) in [7, 11) is 0. The summed E-state index contributed by atoms with van der Waals surface area (Å²) >= 11 is 6.09. The molecule has 23 heavy (non-hydrogen) atoms. The van der Waals surface area contributed by atoms with Crippen molar-refractivity contribution in [3.05, 3.63) is 47.2 Å². The monoisotopic (exact) mass is 335 g/mol. The molecule has 0 saturated carbocycles. The van der Waals surface area contributed by atoms with Crippen molar-refractivity contribution in [3.8, 4) is 11.3 Å². The van der Waals surface area contributed by atoms with Crippen LogP contribution in [0.2, 0.25) is 5.02 Å². The number of furan rings is 1. The van der Waals surface area contributed by atoms with E-state index in [1.165, 1.54) is 0 Å². The minimum atomic E-state index is -0.897. The Labute approximate surface area is 139 Å². The molecule has 1 amide bonds. The van der Waals surface area contributed by atoms with Gasteiger partial charge in [0.05, 0.1) is 10.4 Å². The lowest BCUT2D eigenvalue weighted by atomic mass is 9.90. The Hall–Kier alpha value is -2.27. The minimum absolute atomic E-state index is 0.160. The minimum Gasteiger partial charge on any atom is -0.481 e. The molecular formula is C17H18ClNO4. The lowest BCUT2D eigenvalue weighted by molar-refractivity contribution is -0.147. The van der Waals surface area contributed by atoms with Crippen molar-refractivity contribution >= 4 is 23.5 Å². The second kappa shape index (κ2) is 6.87. The maximum absolute atomic E-state index is 12.0. The first-order valence-electron chi connectivity index (χ1n) is 7.17. The Morgan fingerprint density at radius 2 is 1.91 bits per heavy atom. The topological polar surface area (TPSA) is 79.5 Å². The number of carbonyl (C=O) groups is 2. The number of carbonyl (C=O) groups excluding carboxylic acids is 1. The van der Waals surface area contributed by atoms with E-state index in [1.807, 2.05) is 12.1 Å². The third kappa shape index (κ3) is 4.13. The molecule has 0 aliphatic carbocycles. The summed E-state index contributed by atoms with van der Waals surface area (Å²) in [4.78, 5) is 23.1. The van der Waals surface area contributed by atoms with Crippen molar-refractivity contribution < 1.29 is 19.1 Å². The highest BCUT2D eigenvalue weighted by Gasteiger charge is 2.26. The molecule has 1 aromatic heterocycles. The summed E-state index contributed by atoms with van der Waals surface area (Å²) < 4.78 is 5.53. The Kier molecular flexibility index (Phi) is 5.11. The summed E-state index contributed by atoms with van der Waals surface area (Å²) in [6, 6.07) is 10.4. The van der Waals surface area contributed by atoms with Crippen LogP contribution in [0.5, 0.6) is 0 Å². The normalized spacial score (nSPS) is 11.3. The predicted octanol–water partition coefficient (Wildman–Crippen LogP) is 3.83. The average Bonchev–Trinajstić information content (AvgIpc) is 2.97. The van der Waals surface area contributed by atoms with Gasteiger partial charge < -0.3 is 14.8 Å². The third-order valence-corrected chi connectivity index (χ3v) is 3.91. The number of rotatable bonds is 6. The van der Waals surface area contributed by atoms with Crippen molar-refractivity contribution in [2.75, 3.05) is 6.54 Å². The molecule has 122 valence electrons. The van der Waals surface area contributed by atoms with Crippen LogP contribution in [0.25, 0.3) is 11.3 Å². The molecule has 0 aliphatic heterocycles. The van der Waals surface area contributed by atoms with Gasteiger partial charge in [-0.3, -0.25) is 9.59 Å². The van der Waals surface area contributed by atoms with Crippen LogP contribution in [0.3, 0.4) is 0 Å². The van der Waals surface area contributed by atoms with E-state index in [0.717, 1.165) is 0 Å². The van der Waals surface area contributed by atoms with Crippen LogP contribution < -0.4 is 5.32 Å². The largest absolute Gasteiger partial charge is 0.481 e. The number of hydrogen-bond acceptors (Lipinski definition) is 3. The molecule has 0 spiro atoms. The fourth-order valence-electron chi connectivity index (χ4n) is 1.95. The molecule has 6 heteroatoms. The zero-order valence-corrected chi connectivity index (χ0v) is 13.7. The summed E-state index contributed by atoms with van der Waals surface area (Å²) in [5.74, 6) is -0.616. The molecule has 2 rings (SSSR count). The zero-order chi connectivity index (χ0) is 17.0. The number of carboxylic acids is 1. The predicted molar refractivity (Wildman–Crippen MR) is 87.5 cm³/mol. The van der Waals surface area contributed by atoms with Crippen molar-refractivity contribution in [1.82, 2.24) is 5.32 Å². The van der Waals surface area contributed by atoms with E-state index in [0.29, 0.717) is 22.8 Å². The number of nitrogens with one attached hydrogen (secondary N) is 1. The Morgan fingerprint density at radius 1 is 1.22 bits per heavy atom. The number of carboxylic acid groups (broad SMARTS) is 1. The van der Waals surface area contributed by atoms with E-state index < -0.39 is 11.4 Å². The summed E-state index contributed by atoms with van der Waals surface area (Å²) in [6.45, 7) is 3.48. The van der Waals surface area contributed by atoms with Gasteiger partial charge in [0.25, 0.3) is 5.91 Å². The van der Waals surface area contributed by atoms with Crippen LogP contribution in [0.1, 0.15) is 30.8 Å². The molecule has 0 radical (unpaired) electrons. The fraction of sp³-hybridized carbons (Fsp3) is 0.294. The number of amides is 1. The molecule has 2 aromatic rings. The van der Waals surface area contributed by atoms with E-state index in [4.69, 9.17) is 21.1 Å². The molecule has 0 aliphatic rings. The Morgan fingerprint density at radius 3 is 2.57 bits per heavy atom. The van der Waals surface area contributed by atoms with Gasteiger partial charge in [0, 0.05) is 12.1 Å². The molecule has 2 N–H and O–H groups in total. The molecule has 5 nitrogen and oxygen atoms in total. The van der Waals surface area contributed by atoms with Crippen LogP contribution >= 0.6 is 11.6 Å². The van der Waals surface area contributed by atoms with Crippen molar-refractivity contribution in [2.24, 2.45) is 5.41 Å². The molecule has 0 saturated heterocycles. The van der Waals surface area contributed by atoms with Crippen LogP contribution in [-0.4, -0.2) is 23.5 Å². The second-order valence-electron chi connectivity index (χ2n) is 5.84. The lowest BCUT2D eigenvalue weighted by Crippen LogP contribution is -2.31. The lowest BCUT2D eigenvalue weighted by Gasteiger charge is -2.18. The third-order valence-electron chi connectivity index (χ3n) is 3.58. The Bertz CT molecular complexity index is 721. The zero-order valence-electron chi connectivity index (χ0n) is 12.9. The van der Waals surface area contributed by atoms with Gasteiger partial charge in [-0.2, -0.15) is 0 Å². The summed E-state index contributed by atoms with van der Waals surface area (Å²) in [6.07, 6.45) is 0.326. The van der Waals surface area contributed by atoms with E-state index >= 15 is 0 Å². The van der Waals surface area contributed by atoms with Gasteiger partial charge in [-0.15, -0.1) is 0 Å². The first kappa shape index (κ1) is 17.1. The van der Waals surface area contributed by atoms with Gasteiger partial charge in [-0.05, 0) is 44.5 Å². The molecule has 0 atom stereocenters. The van der Waals surface area contributed by atoms with Crippen molar-refractivity contribution in [2.45, 2.75) is 20.3 Å². The van der Waals surface area contributed by atoms with E-state index in [9.17, 15) is 9.59 Å². The van der Waals surface area contributed by atoms with E-state index in [1.54, 1.807) is 38.1 Å². The van der Waals surface area contributed by atoms with Crippen LogP contribution in [0.4, 0.5) is 0 Å². The Balaban J connectivity index is 2.00. The number of benzene rings is 1. The highest BCUT2D eigenvalue weighted by Crippen LogP contribution is 2.29. The molecule has 0 bridgehead atoms. The maximum atomic E-state index is 12.0. The molecular weight excluding hydrogens is 318 g/mol. The average molecular weight is 336 g/mol. The second-order valence-corrected chi connectivity index (χ2v) is 6.25. The van der Waals surface area contributed by atoms with Crippen molar-refractivity contribution in [3.63, 3.8) is 0 Å². The molecule has 1 heterocycles. The van der Waals surface area contributed by atoms with Crippen LogP contribution in [0, 0.1) is 5.41 Å². The van der Waals surface area contributed by atoms with Crippen LogP contribution in [-0.2, 0) is 4.79 Å². The van der Waals surface area contributed by atoms with Crippen molar-refractivity contribution in [1.29, 1.82) is 0 Å². The molecule has 0 unspecified atom stereocenters. The fourth-order valence-corrected chi connectivity index (χ4v) is 2.18. The first-order valence-corrected chi connectivity index (χ1v) is 7.55. The van der Waals surface area contributed by atoms with Gasteiger partial charge in [0.15, 0.2) is 5.76 Å². The van der Waals surface area contributed by atoms with Gasteiger partial charge in [-0.1, -0.05) is 23.7 Å². The molecule has 0 fully saturated rings. The van der Waals surface area contributed by atoms with Crippen LogP contribution in [0.15, 0.2) is 40.8 Å². The number of halogens is 1. The number of hydrogen-bond donors (Lipinski definition) is 2. The van der Waals surface area contributed by atoms with Gasteiger partial charge in [0.2, 0.25) is 0 Å². The summed E-state index contributed by atoms with van der Waals surface area (Å²) in [5.41, 5.74) is -0.181. The quantitative estimate of drug-likeness (QED) is 0.840. The molecule has 1 aromatic carbocycles. The van der Waals surface area contributed by atoms with E-state index in [-0.39, 0.29) is 18.2 Å². The number of aliphatic carboxylic acids is 1. The maximum Gasteiger partial charge on any atom is 0.309 e.